The fraction of sp³-hybridized carbons (Fsp3) is 0.737. The van der Waals surface area contributed by atoms with E-state index in [4.69, 9.17) is 4.74 Å². The van der Waals surface area contributed by atoms with Crippen molar-refractivity contribution in [3.05, 3.63) is 17.5 Å². The lowest BCUT2D eigenvalue weighted by atomic mass is 10.0. The summed E-state index contributed by atoms with van der Waals surface area (Å²) in [5, 5.41) is 0. The second-order valence-corrected chi connectivity index (χ2v) is 7.44. The normalized spacial score (nSPS) is 23.1. The Morgan fingerprint density at radius 3 is 2.64 bits per heavy atom. The number of carbonyl (C=O) groups excluding carboxylic acids is 1. The standard InChI is InChI=1S/C19H28N4O2/c1-2-22-12-9-17-16(18(22)24)13-20-19(21-17)25-15-7-10-23(11-8-15)14-5-3-4-6-14/h13-15H,2-12H2,1H3. The number of piperidine rings is 1. The molecular formula is C19H28N4O2. The fourth-order valence-corrected chi connectivity index (χ4v) is 4.42. The maximum absolute atomic E-state index is 12.3. The molecule has 6 nitrogen and oxygen atoms in total. The molecule has 1 aliphatic carbocycles. The van der Waals surface area contributed by atoms with E-state index < -0.39 is 0 Å². The number of amides is 1. The first-order valence-electron chi connectivity index (χ1n) is 9.80. The summed E-state index contributed by atoms with van der Waals surface area (Å²) in [4.78, 5) is 25.6. The van der Waals surface area contributed by atoms with Gasteiger partial charge in [-0.2, -0.15) is 4.98 Å². The Kier molecular flexibility index (Phi) is 4.88. The molecule has 1 amide bonds. The quantitative estimate of drug-likeness (QED) is 0.839. The highest BCUT2D eigenvalue weighted by atomic mass is 16.5. The number of ether oxygens (including phenoxy) is 1. The maximum Gasteiger partial charge on any atom is 0.316 e. The molecule has 1 saturated heterocycles. The molecule has 0 atom stereocenters. The number of fused-ring (bicyclic) bond motifs is 1. The molecule has 3 aliphatic rings. The molecule has 136 valence electrons. The third-order valence-corrected chi connectivity index (χ3v) is 5.95. The Bertz CT molecular complexity index is 622. The van der Waals surface area contributed by atoms with E-state index in [2.05, 4.69) is 14.9 Å². The van der Waals surface area contributed by atoms with Crippen LogP contribution < -0.4 is 4.74 Å². The van der Waals surface area contributed by atoms with Gasteiger partial charge in [0.15, 0.2) is 0 Å². The van der Waals surface area contributed by atoms with Gasteiger partial charge in [-0.15, -0.1) is 0 Å². The minimum Gasteiger partial charge on any atom is -0.460 e. The van der Waals surface area contributed by atoms with E-state index in [1.54, 1.807) is 6.20 Å². The topological polar surface area (TPSA) is 58.6 Å². The highest BCUT2D eigenvalue weighted by Gasteiger charge is 2.29. The van der Waals surface area contributed by atoms with Gasteiger partial charge >= 0.3 is 6.01 Å². The average Bonchev–Trinajstić information content (AvgIpc) is 3.17. The average molecular weight is 344 g/mol. The Hall–Kier alpha value is -1.69. The molecule has 0 radical (unpaired) electrons. The minimum absolute atomic E-state index is 0.0418. The van der Waals surface area contributed by atoms with Gasteiger partial charge in [-0.3, -0.25) is 4.79 Å². The summed E-state index contributed by atoms with van der Waals surface area (Å²) >= 11 is 0. The van der Waals surface area contributed by atoms with Crippen LogP contribution in [0.15, 0.2) is 6.20 Å². The van der Waals surface area contributed by atoms with E-state index in [0.29, 0.717) is 11.6 Å². The van der Waals surface area contributed by atoms with E-state index in [-0.39, 0.29) is 12.0 Å². The van der Waals surface area contributed by atoms with Crippen molar-refractivity contribution >= 4 is 5.91 Å². The van der Waals surface area contributed by atoms with Gasteiger partial charge in [0.1, 0.15) is 6.10 Å². The van der Waals surface area contributed by atoms with Crippen LogP contribution in [0, 0.1) is 0 Å². The highest BCUT2D eigenvalue weighted by molar-refractivity contribution is 5.95. The summed E-state index contributed by atoms with van der Waals surface area (Å²) < 4.78 is 6.05. The van der Waals surface area contributed by atoms with Gasteiger partial charge < -0.3 is 14.5 Å². The van der Waals surface area contributed by atoms with Crippen LogP contribution in [0.3, 0.4) is 0 Å². The minimum atomic E-state index is 0.0418. The second-order valence-electron chi connectivity index (χ2n) is 7.44. The first-order chi connectivity index (χ1) is 12.2. The fourth-order valence-electron chi connectivity index (χ4n) is 4.42. The first kappa shape index (κ1) is 16.8. The number of rotatable bonds is 4. The highest BCUT2D eigenvalue weighted by Crippen LogP contribution is 2.27. The smallest absolute Gasteiger partial charge is 0.316 e. The third kappa shape index (κ3) is 3.50. The van der Waals surface area contributed by atoms with E-state index in [9.17, 15) is 4.79 Å². The molecular weight excluding hydrogens is 316 g/mol. The van der Waals surface area contributed by atoms with Crippen LogP contribution in [0.2, 0.25) is 0 Å². The van der Waals surface area contributed by atoms with E-state index in [1.807, 2.05) is 11.8 Å². The Morgan fingerprint density at radius 2 is 1.92 bits per heavy atom. The van der Waals surface area contributed by atoms with Crippen molar-refractivity contribution in [2.75, 3.05) is 26.2 Å². The lowest BCUT2D eigenvalue weighted by molar-refractivity contribution is 0.0696. The Balaban J connectivity index is 1.35. The van der Waals surface area contributed by atoms with Gasteiger partial charge in [-0.1, -0.05) is 12.8 Å². The zero-order valence-corrected chi connectivity index (χ0v) is 15.1. The molecule has 1 aromatic rings. The molecule has 0 aromatic carbocycles. The van der Waals surface area contributed by atoms with Gasteiger partial charge in [0.25, 0.3) is 5.91 Å². The van der Waals surface area contributed by atoms with Crippen LogP contribution in [0.4, 0.5) is 0 Å². The van der Waals surface area contributed by atoms with Crippen molar-refractivity contribution in [2.24, 2.45) is 0 Å². The van der Waals surface area contributed by atoms with E-state index in [0.717, 1.165) is 57.2 Å². The molecule has 1 saturated carbocycles. The monoisotopic (exact) mass is 344 g/mol. The van der Waals surface area contributed by atoms with Crippen molar-refractivity contribution in [3.63, 3.8) is 0 Å². The van der Waals surface area contributed by atoms with Crippen molar-refractivity contribution < 1.29 is 9.53 Å². The zero-order valence-electron chi connectivity index (χ0n) is 15.1. The Morgan fingerprint density at radius 1 is 1.16 bits per heavy atom. The molecule has 0 bridgehead atoms. The SMILES string of the molecule is CCN1CCc2nc(OC3CCN(C4CCCC4)CC3)ncc2C1=O. The van der Waals surface area contributed by atoms with E-state index in [1.165, 1.54) is 25.7 Å². The molecule has 0 spiro atoms. The molecule has 2 aliphatic heterocycles. The van der Waals surface area contributed by atoms with Crippen LogP contribution in [-0.2, 0) is 6.42 Å². The van der Waals surface area contributed by atoms with Crippen LogP contribution >= 0.6 is 0 Å². The first-order valence-corrected chi connectivity index (χ1v) is 9.80. The number of hydrogen-bond donors (Lipinski definition) is 0. The maximum atomic E-state index is 12.3. The van der Waals surface area contributed by atoms with Crippen LogP contribution in [0.5, 0.6) is 6.01 Å². The lowest BCUT2D eigenvalue weighted by Crippen LogP contribution is -2.43. The summed E-state index contributed by atoms with van der Waals surface area (Å²) in [6.45, 7) is 5.70. The molecule has 25 heavy (non-hydrogen) atoms. The molecule has 0 unspecified atom stereocenters. The van der Waals surface area contributed by atoms with Crippen LogP contribution in [-0.4, -0.2) is 64.0 Å². The Labute approximate surface area is 149 Å². The zero-order chi connectivity index (χ0) is 17.2. The van der Waals surface area contributed by atoms with Crippen molar-refractivity contribution in [1.82, 2.24) is 19.8 Å². The summed E-state index contributed by atoms with van der Waals surface area (Å²) in [7, 11) is 0. The summed E-state index contributed by atoms with van der Waals surface area (Å²) in [6.07, 6.45) is 10.2. The number of carbonyl (C=O) groups is 1. The molecule has 4 rings (SSSR count). The third-order valence-electron chi connectivity index (χ3n) is 5.95. The summed E-state index contributed by atoms with van der Waals surface area (Å²) in [6, 6.07) is 1.24. The predicted octanol–water partition coefficient (Wildman–Crippen LogP) is 2.28. The van der Waals surface area contributed by atoms with Crippen LogP contribution in [0.1, 0.15) is 61.5 Å². The molecule has 1 aromatic heterocycles. The number of aromatic nitrogens is 2. The van der Waals surface area contributed by atoms with Crippen LogP contribution in [0.25, 0.3) is 0 Å². The van der Waals surface area contributed by atoms with Crippen molar-refractivity contribution in [3.8, 4) is 6.01 Å². The van der Waals surface area contributed by atoms with Gasteiger partial charge in [0.2, 0.25) is 0 Å². The van der Waals surface area contributed by atoms with Crippen molar-refractivity contribution in [2.45, 2.75) is 64.0 Å². The van der Waals surface area contributed by atoms with Gasteiger partial charge in [-0.25, -0.2) is 4.98 Å². The number of hydrogen-bond acceptors (Lipinski definition) is 5. The van der Waals surface area contributed by atoms with Gasteiger partial charge in [0, 0.05) is 44.8 Å². The lowest BCUT2D eigenvalue weighted by Gasteiger charge is -2.35. The largest absolute Gasteiger partial charge is 0.460 e. The molecule has 3 heterocycles. The van der Waals surface area contributed by atoms with Gasteiger partial charge in [0.05, 0.1) is 11.3 Å². The number of likely N-dealkylation sites (tertiary alicyclic amines) is 1. The molecule has 0 N–H and O–H groups in total. The summed E-state index contributed by atoms with van der Waals surface area (Å²) in [5.41, 5.74) is 1.47. The van der Waals surface area contributed by atoms with E-state index >= 15 is 0 Å². The second kappa shape index (κ2) is 7.28. The van der Waals surface area contributed by atoms with Crippen molar-refractivity contribution in [1.29, 1.82) is 0 Å². The molecule has 2 fully saturated rings. The number of nitrogens with zero attached hydrogens (tertiary/aromatic N) is 4. The number of likely N-dealkylation sites (N-methyl/N-ethyl adjacent to an activating group) is 1. The van der Waals surface area contributed by atoms with Gasteiger partial charge in [-0.05, 0) is 32.6 Å². The predicted molar refractivity (Wildman–Crippen MR) is 94.8 cm³/mol. The summed E-state index contributed by atoms with van der Waals surface area (Å²) in [5.74, 6) is 0.0418. The molecule has 6 heteroatoms.